The van der Waals surface area contributed by atoms with Crippen molar-refractivity contribution in [3.63, 3.8) is 0 Å². The molecule has 0 radical (unpaired) electrons. The first-order valence-electron chi connectivity index (χ1n) is 4.62. The second kappa shape index (κ2) is 5.69. The third kappa shape index (κ3) is 3.95. The molecule has 0 aromatic carbocycles. The van der Waals surface area contributed by atoms with Gasteiger partial charge >= 0.3 is 18.0 Å². The summed E-state index contributed by atoms with van der Waals surface area (Å²) in [5, 5.41) is 11.6. The van der Waals surface area contributed by atoms with E-state index in [-0.39, 0.29) is 19.2 Å². The van der Waals surface area contributed by atoms with E-state index in [0.717, 1.165) is 0 Å². The lowest BCUT2D eigenvalue weighted by Gasteiger charge is -2.03. The van der Waals surface area contributed by atoms with Crippen LogP contribution in [0.25, 0.3) is 0 Å². The van der Waals surface area contributed by atoms with Crippen molar-refractivity contribution < 1.29 is 18.7 Å². The lowest BCUT2D eigenvalue weighted by atomic mass is 10.6. The van der Waals surface area contributed by atoms with Crippen LogP contribution in [0, 0.1) is 6.92 Å². The second-order valence-corrected chi connectivity index (χ2v) is 2.74. The molecule has 0 fully saturated rings. The minimum atomic E-state index is -0.614. The van der Waals surface area contributed by atoms with E-state index in [1.165, 1.54) is 0 Å². The fourth-order valence-electron chi connectivity index (χ4n) is 0.853. The molecule has 0 saturated carbocycles. The van der Waals surface area contributed by atoms with Gasteiger partial charge in [0.2, 0.25) is 5.89 Å². The highest BCUT2D eigenvalue weighted by atomic mass is 16.5. The summed E-state index contributed by atoms with van der Waals surface area (Å²) in [7, 11) is 0. The van der Waals surface area contributed by atoms with Crippen LogP contribution in [-0.2, 0) is 9.53 Å². The summed E-state index contributed by atoms with van der Waals surface area (Å²) in [6, 6.07) is -0.643. The molecule has 2 amide bonds. The van der Waals surface area contributed by atoms with E-state index in [0.29, 0.717) is 5.89 Å². The lowest BCUT2D eigenvalue weighted by molar-refractivity contribution is -0.141. The van der Waals surface area contributed by atoms with Crippen LogP contribution in [0.3, 0.4) is 0 Å². The molecule has 88 valence electrons. The molecule has 0 aliphatic heterocycles. The zero-order valence-electron chi connectivity index (χ0n) is 8.94. The van der Waals surface area contributed by atoms with Crippen LogP contribution in [0.2, 0.25) is 0 Å². The minimum Gasteiger partial charge on any atom is -0.465 e. The molecule has 0 saturated heterocycles. The molecule has 16 heavy (non-hydrogen) atoms. The Kier molecular flexibility index (Phi) is 4.25. The Morgan fingerprint density at radius 3 is 2.75 bits per heavy atom. The Hall–Kier alpha value is -2.12. The van der Waals surface area contributed by atoms with E-state index in [1.807, 2.05) is 0 Å². The van der Waals surface area contributed by atoms with E-state index < -0.39 is 12.0 Å². The minimum absolute atomic E-state index is 0.0288. The van der Waals surface area contributed by atoms with Gasteiger partial charge in [-0.05, 0) is 6.92 Å². The number of nitrogens with zero attached hydrogens (tertiary/aromatic N) is 2. The van der Waals surface area contributed by atoms with Gasteiger partial charge in [-0.1, -0.05) is 5.10 Å². The Balaban J connectivity index is 2.28. The Morgan fingerprint density at radius 1 is 1.44 bits per heavy atom. The van der Waals surface area contributed by atoms with Gasteiger partial charge in [-0.25, -0.2) is 4.79 Å². The number of nitrogens with one attached hydrogen (secondary N) is 2. The monoisotopic (exact) mass is 228 g/mol. The van der Waals surface area contributed by atoms with Gasteiger partial charge in [0.15, 0.2) is 0 Å². The average Bonchev–Trinajstić information content (AvgIpc) is 2.61. The molecule has 1 rings (SSSR count). The molecule has 0 aliphatic rings. The largest absolute Gasteiger partial charge is 0.465 e. The molecule has 2 N–H and O–H groups in total. The van der Waals surface area contributed by atoms with Crippen LogP contribution in [-0.4, -0.2) is 35.3 Å². The highest BCUT2D eigenvalue weighted by Crippen LogP contribution is 2.02. The van der Waals surface area contributed by atoms with Gasteiger partial charge in [0.25, 0.3) is 0 Å². The van der Waals surface area contributed by atoms with Crippen LogP contribution < -0.4 is 10.6 Å². The zero-order valence-corrected chi connectivity index (χ0v) is 8.94. The average molecular weight is 228 g/mol. The van der Waals surface area contributed by atoms with E-state index >= 15 is 0 Å². The number of aromatic nitrogens is 2. The van der Waals surface area contributed by atoms with Crippen molar-refractivity contribution in [3.8, 4) is 0 Å². The quantitative estimate of drug-likeness (QED) is 0.706. The summed E-state index contributed by atoms with van der Waals surface area (Å²) >= 11 is 0. The second-order valence-electron chi connectivity index (χ2n) is 2.74. The van der Waals surface area contributed by atoms with Crippen LogP contribution in [0.1, 0.15) is 12.8 Å². The fourth-order valence-corrected chi connectivity index (χ4v) is 0.853. The van der Waals surface area contributed by atoms with Crippen molar-refractivity contribution >= 4 is 18.0 Å². The fraction of sp³-hybridized carbons (Fsp3) is 0.500. The molecule has 0 spiro atoms. The van der Waals surface area contributed by atoms with E-state index in [1.54, 1.807) is 13.8 Å². The summed E-state index contributed by atoms with van der Waals surface area (Å²) in [4.78, 5) is 22.1. The topological polar surface area (TPSA) is 106 Å². The number of urea groups is 1. The number of rotatable bonds is 4. The first kappa shape index (κ1) is 12.0. The van der Waals surface area contributed by atoms with Crippen molar-refractivity contribution in [1.82, 2.24) is 15.5 Å². The summed E-state index contributed by atoms with van der Waals surface area (Å²) in [5.74, 6) is -0.181. The third-order valence-corrected chi connectivity index (χ3v) is 1.45. The predicted molar refractivity (Wildman–Crippen MR) is 52.7 cm³/mol. The maximum Gasteiger partial charge on any atom is 0.325 e. The van der Waals surface area contributed by atoms with Gasteiger partial charge in [-0.2, -0.15) is 0 Å². The molecule has 0 bridgehead atoms. The molecule has 0 unspecified atom stereocenters. The lowest BCUT2D eigenvalue weighted by Crippen LogP contribution is -2.34. The number of ether oxygens (including phenoxy) is 1. The summed E-state index contributed by atoms with van der Waals surface area (Å²) in [6.45, 7) is 3.33. The highest BCUT2D eigenvalue weighted by Gasteiger charge is 2.09. The molecule has 1 aromatic rings. The summed E-state index contributed by atoms with van der Waals surface area (Å²) in [5.41, 5.74) is 0. The van der Waals surface area contributed by atoms with Gasteiger partial charge in [-0.3, -0.25) is 10.1 Å². The molecule has 0 atom stereocenters. The van der Waals surface area contributed by atoms with E-state index in [2.05, 4.69) is 25.6 Å². The maximum absolute atomic E-state index is 11.2. The number of anilines is 1. The highest BCUT2D eigenvalue weighted by molar-refractivity contribution is 5.89. The van der Waals surface area contributed by atoms with Gasteiger partial charge in [0.1, 0.15) is 6.54 Å². The number of hydrogen-bond acceptors (Lipinski definition) is 6. The first-order chi connectivity index (χ1) is 7.61. The SMILES string of the molecule is CCOC(=O)CNC(=O)Nc1nnc(C)o1. The number of hydrogen-bond donors (Lipinski definition) is 2. The van der Waals surface area contributed by atoms with Crippen molar-refractivity contribution in [2.75, 3.05) is 18.5 Å². The number of aryl methyl sites for hydroxylation is 1. The van der Waals surface area contributed by atoms with Gasteiger partial charge in [0.05, 0.1) is 6.61 Å². The van der Waals surface area contributed by atoms with E-state index in [9.17, 15) is 9.59 Å². The summed E-state index contributed by atoms with van der Waals surface area (Å²) < 4.78 is 9.51. The van der Waals surface area contributed by atoms with Gasteiger partial charge in [0, 0.05) is 6.92 Å². The third-order valence-electron chi connectivity index (χ3n) is 1.45. The molecule has 0 aliphatic carbocycles. The van der Waals surface area contributed by atoms with Crippen molar-refractivity contribution in [3.05, 3.63) is 5.89 Å². The maximum atomic E-state index is 11.2. The molecule has 1 aromatic heterocycles. The molecule has 8 nitrogen and oxygen atoms in total. The first-order valence-corrected chi connectivity index (χ1v) is 4.62. The van der Waals surface area contributed by atoms with Crippen LogP contribution >= 0.6 is 0 Å². The Bertz CT molecular complexity index is 376. The van der Waals surface area contributed by atoms with Crippen molar-refractivity contribution in [2.24, 2.45) is 0 Å². The standard InChI is InChI=1S/C8H12N4O4/c1-3-15-6(13)4-9-7(14)10-8-12-11-5(2)16-8/h3-4H2,1-2H3,(H2,9,10,12,14). The molecular weight excluding hydrogens is 216 g/mol. The molecular formula is C8H12N4O4. The number of amides is 2. The van der Waals surface area contributed by atoms with Crippen molar-refractivity contribution in [1.29, 1.82) is 0 Å². The molecule has 1 heterocycles. The number of carbonyl (C=O) groups is 2. The Labute approximate surface area is 91.4 Å². The Morgan fingerprint density at radius 2 is 2.19 bits per heavy atom. The van der Waals surface area contributed by atoms with Gasteiger partial charge < -0.3 is 14.5 Å². The smallest absolute Gasteiger partial charge is 0.325 e. The molecule has 8 heteroatoms. The number of esters is 1. The van der Waals surface area contributed by atoms with E-state index in [4.69, 9.17) is 4.42 Å². The zero-order chi connectivity index (χ0) is 12.0. The predicted octanol–water partition coefficient (Wildman–Crippen LogP) is 0.0626. The van der Waals surface area contributed by atoms with Gasteiger partial charge in [-0.15, -0.1) is 5.10 Å². The van der Waals surface area contributed by atoms with Crippen LogP contribution in [0.4, 0.5) is 10.8 Å². The normalized spacial score (nSPS) is 9.62. The number of carbonyl (C=O) groups excluding carboxylic acids is 2. The van der Waals surface area contributed by atoms with Crippen molar-refractivity contribution in [2.45, 2.75) is 13.8 Å². The summed E-state index contributed by atoms with van der Waals surface area (Å²) in [6.07, 6.45) is 0. The van der Waals surface area contributed by atoms with Crippen LogP contribution in [0.5, 0.6) is 0 Å². The van der Waals surface area contributed by atoms with Crippen LogP contribution in [0.15, 0.2) is 4.42 Å².